The van der Waals surface area contributed by atoms with Crippen molar-refractivity contribution in [2.75, 3.05) is 24.2 Å². The summed E-state index contributed by atoms with van der Waals surface area (Å²) in [5.74, 6) is 0. The van der Waals surface area contributed by atoms with Gasteiger partial charge in [0.05, 0.1) is 11.8 Å². The Balaban J connectivity index is 2.06. The monoisotopic (exact) mass is 309 g/mol. The summed E-state index contributed by atoms with van der Waals surface area (Å²) in [6, 6.07) is 18.5. The number of nitrogens with zero attached hydrogens (tertiary/aromatic N) is 3. The first-order valence-corrected chi connectivity index (χ1v) is 8.39. The number of hydrogen-bond donors (Lipinski definition) is 0. The van der Waals surface area contributed by atoms with Gasteiger partial charge in [0.1, 0.15) is 6.54 Å². The van der Waals surface area contributed by atoms with Gasteiger partial charge >= 0.3 is 0 Å². The second kappa shape index (κ2) is 8.26. The number of hydrogen-bond acceptors (Lipinski definition) is 4. The van der Waals surface area contributed by atoms with Crippen LogP contribution in [-0.4, -0.2) is 25.6 Å². The number of thioether (sulfide) groups is 1. The van der Waals surface area contributed by atoms with Crippen LogP contribution in [0.2, 0.25) is 0 Å². The Bertz CT molecular complexity index is 654. The van der Waals surface area contributed by atoms with Crippen molar-refractivity contribution in [3.63, 3.8) is 0 Å². The van der Waals surface area contributed by atoms with Crippen LogP contribution in [0.3, 0.4) is 0 Å². The van der Waals surface area contributed by atoms with Crippen LogP contribution in [0.1, 0.15) is 12.5 Å². The van der Waals surface area contributed by atoms with Gasteiger partial charge in [-0.15, -0.1) is 11.8 Å². The van der Waals surface area contributed by atoms with Crippen LogP contribution in [0.4, 0.5) is 11.4 Å². The van der Waals surface area contributed by atoms with Gasteiger partial charge in [0.15, 0.2) is 0 Å². The highest BCUT2D eigenvalue weighted by atomic mass is 32.2. The minimum Gasteiger partial charge on any atom is -0.358 e. The van der Waals surface area contributed by atoms with Crippen LogP contribution >= 0.6 is 11.8 Å². The van der Waals surface area contributed by atoms with E-state index in [1.54, 1.807) is 11.8 Å². The van der Waals surface area contributed by atoms with E-state index >= 15 is 0 Å². The summed E-state index contributed by atoms with van der Waals surface area (Å²) in [6.45, 7) is 3.28. The first-order chi connectivity index (χ1) is 10.8. The van der Waals surface area contributed by atoms with E-state index in [2.05, 4.69) is 29.5 Å². The molecule has 112 valence electrons. The first-order valence-electron chi connectivity index (χ1n) is 7.17. The molecule has 0 bridgehead atoms. The highest BCUT2D eigenvalue weighted by molar-refractivity contribution is 7.98. The van der Waals surface area contributed by atoms with Crippen LogP contribution < -0.4 is 4.90 Å². The molecule has 0 radical (unpaired) electrons. The summed E-state index contributed by atoms with van der Waals surface area (Å²) in [4.78, 5) is 7.75. The normalized spacial score (nSPS) is 10.6. The lowest BCUT2D eigenvalue weighted by Gasteiger charge is -2.19. The third-order valence-electron chi connectivity index (χ3n) is 3.34. The topological polar surface area (TPSA) is 39.4 Å². The molecule has 0 aliphatic heterocycles. The summed E-state index contributed by atoms with van der Waals surface area (Å²) in [5, 5.41) is 8.82. The molecule has 4 heteroatoms. The van der Waals surface area contributed by atoms with E-state index < -0.39 is 0 Å². The van der Waals surface area contributed by atoms with E-state index in [0.717, 1.165) is 23.5 Å². The predicted molar refractivity (Wildman–Crippen MR) is 95.4 cm³/mol. The largest absolute Gasteiger partial charge is 0.358 e. The van der Waals surface area contributed by atoms with Crippen LogP contribution in [0, 0.1) is 11.3 Å². The lowest BCUT2D eigenvalue weighted by atomic mass is 10.2. The maximum absolute atomic E-state index is 8.82. The molecule has 0 aromatic heterocycles. The third kappa shape index (κ3) is 4.37. The molecule has 2 rings (SSSR count). The molecule has 0 amide bonds. The van der Waals surface area contributed by atoms with Crippen molar-refractivity contribution in [2.24, 2.45) is 4.99 Å². The smallest absolute Gasteiger partial charge is 0.105 e. The summed E-state index contributed by atoms with van der Waals surface area (Å²) in [5.41, 5.74) is 3.05. The average molecular weight is 309 g/mol. The number of benzene rings is 2. The van der Waals surface area contributed by atoms with Crippen molar-refractivity contribution >= 4 is 29.4 Å². The van der Waals surface area contributed by atoms with Gasteiger partial charge in [-0.3, -0.25) is 4.99 Å². The Labute approximate surface area is 136 Å². The van der Waals surface area contributed by atoms with Crippen molar-refractivity contribution in [1.29, 1.82) is 5.26 Å². The maximum atomic E-state index is 8.82. The zero-order valence-corrected chi connectivity index (χ0v) is 13.7. The summed E-state index contributed by atoms with van der Waals surface area (Å²) >= 11 is 1.72. The summed E-state index contributed by atoms with van der Waals surface area (Å²) in [7, 11) is 0. The fraction of sp³-hybridized carbons (Fsp3) is 0.222. The SMILES string of the molecule is CCN(CC#N)c1ccc(C=Nc2ccc(SC)cc2)cc1. The first kappa shape index (κ1) is 16.1. The van der Waals surface area contributed by atoms with Crippen molar-refractivity contribution in [3.05, 3.63) is 54.1 Å². The second-order valence-electron chi connectivity index (χ2n) is 4.72. The van der Waals surface area contributed by atoms with Crippen molar-refractivity contribution in [2.45, 2.75) is 11.8 Å². The van der Waals surface area contributed by atoms with E-state index in [4.69, 9.17) is 5.26 Å². The highest BCUT2D eigenvalue weighted by Crippen LogP contribution is 2.19. The molecule has 0 N–H and O–H groups in total. The minimum atomic E-state index is 0.408. The Hall–Kier alpha value is -2.25. The fourth-order valence-electron chi connectivity index (χ4n) is 2.06. The molecular formula is C18H19N3S. The molecule has 2 aromatic rings. The van der Waals surface area contributed by atoms with Gasteiger partial charge in [0.25, 0.3) is 0 Å². The average Bonchev–Trinajstić information content (AvgIpc) is 2.59. The fourth-order valence-corrected chi connectivity index (χ4v) is 2.47. The molecule has 0 saturated carbocycles. The second-order valence-corrected chi connectivity index (χ2v) is 5.60. The Morgan fingerprint density at radius 2 is 1.82 bits per heavy atom. The van der Waals surface area contributed by atoms with Gasteiger partial charge in [-0.25, -0.2) is 0 Å². The standard InChI is InChI=1S/C18H19N3S/c1-3-21(13-12-19)17-8-4-15(5-9-17)14-20-16-6-10-18(22-2)11-7-16/h4-11,14H,3,13H2,1-2H3. The van der Waals surface area contributed by atoms with E-state index in [0.29, 0.717) is 6.54 Å². The van der Waals surface area contributed by atoms with E-state index in [1.807, 2.05) is 54.4 Å². The molecule has 0 aliphatic carbocycles. The molecule has 2 aromatic carbocycles. The zero-order valence-electron chi connectivity index (χ0n) is 12.9. The predicted octanol–water partition coefficient (Wildman–Crippen LogP) is 4.51. The van der Waals surface area contributed by atoms with Gasteiger partial charge in [-0.2, -0.15) is 5.26 Å². The number of aliphatic imine (C=N–C) groups is 1. The van der Waals surface area contributed by atoms with Crippen molar-refractivity contribution in [3.8, 4) is 6.07 Å². The molecule has 0 saturated heterocycles. The molecule has 0 fully saturated rings. The highest BCUT2D eigenvalue weighted by Gasteiger charge is 2.02. The number of nitriles is 1. The maximum Gasteiger partial charge on any atom is 0.105 e. The number of anilines is 1. The zero-order chi connectivity index (χ0) is 15.8. The Morgan fingerprint density at radius 3 is 2.36 bits per heavy atom. The molecule has 0 aliphatic rings. The van der Waals surface area contributed by atoms with Crippen molar-refractivity contribution in [1.82, 2.24) is 0 Å². The van der Waals surface area contributed by atoms with E-state index in [9.17, 15) is 0 Å². The third-order valence-corrected chi connectivity index (χ3v) is 4.08. The van der Waals surface area contributed by atoms with Crippen LogP contribution in [0.5, 0.6) is 0 Å². The van der Waals surface area contributed by atoms with Crippen LogP contribution in [0.15, 0.2) is 58.4 Å². The summed E-state index contributed by atoms with van der Waals surface area (Å²) in [6.07, 6.45) is 3.92. The van der Waals surface area contributed by atoms with Gasteiger partial charge in [-0.1, -0.05) is 12.1 Å². The van der Waals surface area contributed by atoms with Crippen LogP contribution in [-0.2, 0) is 0 Å². The molecule has 0 unspecified atom stereocenters. The Morgan fingerprint density at radius 1 is 1.14 bits per heavy atom. The lowest BCUT2D eigenvalue weighted by molar-refractivity contribution is 0.911. The van der Waals surface area contributed by atoms with Gasteiger partial charge in [0.2, 0.25) is 0 Å². The Kier molecular flexibility index (Phi) is 6.05. The summed E-state index contributed by atoms with van der Waals surface area (Å²) < 4.78 is 0. The molecule has 0 atom stereocenters. The van der Waals surface area contributed by atoms with Gasteiger partial charge in [-0.05, 0) is 55.1 Å². The van der Waals surface area contributed by atoms with E-state index in [-0.39, 0.29) is 0 Å². The molecule has 22 heavy (non-hydrogen) atoms. The molecule has 0 spiro atoms. The molecule has 0 heterocycles. The molecule has 3 nitrogen and oxygen atoms in total. The van der Waals surface area contributed by atoms with Crippen molar-refractivity contribution < 1.29 is 0 Å². The quantitative estimate of drug-likeness (QED) is 0.448. The van der Waals surface area contributed by atoms with Gasteiger partial charge in [0, 0.05) is 23.3 Å². The minimum absolute atomic E-state index is 0.408. The van der Waals surface area contributed by atoms with Gasteiger partial charge < -0.3 is 4.90 Å². The van der Waals surface area contributed by atoms with Crippen LogP contribution in [0.25, 0.3) is 0 Å². The number of rotatable bonds is 6. The van der Waals surface area contributed by atoms with E-state index in [1.165, 1.54) is 4.90 Å². The molecular weight excluding hydrogens is 290 g/mol. The lowest BCUT2D eigenvalue weighted by Crippen LogP contribution is -2.22.